The van der Waals surface area contributed by atoms with E-state index in [9.17, 15) is 0 Å². The first kappa shape index (κ1) is 12.6. The number of ether oxygens (including phenoxy) is 1. The largest absolute Gasteiger partial charge is 0.496 e. The van der Waals surface area contributed by atoms with Crippen LogP contribution in [0.15, 0.2) is 30.6 Å². The van der Waals surface area contributed by atoms with Gasteiger partial charge in [0.15, 0.2) is 0 Å². The van der Waals surface area contributed by atoms with Crippen LogP contribution in [-0.2, 0) is 19.5 Å². The summed E-state index contributed by atoms with van der Waals surface area (Å²) in [5.74, 6) is 1.95. The zero-order chi connectivity index (χ0) is 13.0. The number of rotatable bonds is 5. The third kappa shape index (κ3) is 2.54. The Morgan fingerprint density at radius 3 is 2.89 bits per heavy atom. The van der Waals surface area contributed by atoms with Crippen molar-refractivity contribution in [3.63, 3.8) is 0 Å². The van der Waals surface area contributed by atoms with Crippen LogP contribution in [0, 0.1) is 0 Å². The lowest BCUT2D eigenvalue weighted by Crippen LogP contribution is -2.05. The Labute approximate surface area is 107 Å². The molecule has 1 aromatic carbocycles. The third-order valence-corrected chi connectivity index (χ3v) is 3.04. The van der Waals surface area contributed by atoms with E-state index in [0.717, 1.165) is 30.1 Å². The van der Waals surface area contributed by atoms with Gasteiger partial charge in [-0.05, 0) is 17.7 Å². The van der Waals surface area contributed by atoms with Gasteiger partial charge < -0.3 is 15.0 Å². The smallest absolute Gasteiger partial charge is 0.123 e. The highest BCUT2D eigenvalue weighted by atomic mass is 16.5. The average Bonchev–Trinajstić information content (AvgIpc) is 2.85. The molecule has 0 saturated heterocycles. The van der Waals surface area contributed by atoms with Crippen LogP contribution in [0.1, 0.15) is 23.9 Å². The molecule has 0 aliphatic heterocycles. The van der Waals surface area contributed by atoms with Gasteiger partial charge in [0.05, 0.1) is 7.11 Å². The lowest BCUT2D eigenvalue weighted by Gasteiger charge is -2.11. The van der Waals surface area contributed by atoms with Crippen LogP contribution in [0.3, 0.4) is 0 Å². The Kier molecular flexibility index (Phi) is 3.99. The molecule has 0 amide bonds. The molecule has 0 aliphatic carbocycles. The molecule has 0 fully saturated rings. The normalized spacial score (nSPS) is 10.6. The molecule has 0 atom stereocenters. The minimum Gasteiger partial charge on any atom is -0.496 e. The maximum Gasteiger partial charge on any atom is 0.123 e. The summed E-state index contributed by atoms with van der Waals surface area (Å²) in [4.78, 5) is 4.32. The second-order valence-electron chi connectivity index (χ2n) is 4.18. The molecular weight excluding hydrogens is 226 g/mol. The van der Waals surface area contributed by atoms with Crippen molar-refractivity contribution in [1.29, 1.82) is 0 Å². The number of aromatic nitrogens is 2. The molecule has 4 nitrogen and oxygen atoms in total. The number of nitrogens with zero attached hydrogens (tertiary/aromatic N) is 2. The van der Waals surface area contributed by atoms with Gasteiger partial charge in [-0.15, -0.1) is 0 Å². The SMILES string of the molecule is CCc1nccn1Cc1ccc(OC)c(CN)c1. The van der Waals surface area contributed by atoms with Crippen LogP contribution >= 0.6 is 0 Å². The fourth-order valence-corrected chi connectivity index (χ4v) is 2.08. The van der Waals surface area contributed by atoms with E-state index < -0.39 is 0 Å². The lowest BCUT2D eigenvalue weighted by molar-refractivity contribution is 0.409. The topological polar surface area (TPSA) is 53.1 Å². The first-order valence-corrected chi connectivity index (χ1v) is 6.14. The summed E-state index contributed by atoms with van der Waals surface area (Å²) in [5.41, 5.74) is 7.97. The summed E-state index contributed by atoms with van der Waals surface area (Å²) in [6.07, 6.45) is 4.78. The van der Waals surface area contributed by atoms with Gasteiger partial charge >= 0.3 is 0 Å². The lowest BCUT2D eigenvalue weighted by atomic mass is 10.1. The van der Waals surface area contributed by atoms with E-state index in [1.165, 1.54) is 5.56 Å². The summed E-state index contributed by atoms with van der Waals surface area (Å²) in [6.45, 7) is 3.42. The summed E-state index contributed by atoms with van der Waals surface area (Å²) in [5, 5.41) is 0. The molecule has 2 N–H and O–H groups in total. The number of nitrogens with two attached hydrogens (primary N) is 1. The molecular formula is C14H19N3O. The molecule has 1 aromatic heterocycles. The second-order valence-corrected chi connectivity index (χ2v) is 4.18. The standard InChI is InChI=1S/C14H19N3O/c1-3-14-16-6-7-17(14)10-11-4-5-13(18-2)12(8-11)9-15/h4-8H,3,9-10,15H2,1-2H3. The Morgan fingerprint density at radius 2 is 2.22 bits per heavy atom. The molecule has 2 aromatic rings. The Balaban J connectivity index is 2.24. The predicted molar refractivity (Wildman–Crippen MR) is 71.6 cm³/mol. The molecule has 0 bridgehead atoms. The van der Waals surface area contributed by atoms with Crippen molar-refractivity contribution < 1.29 is 4.74 Å². The molecule has 0 radical (unpaired) electrons. The first-order valence-electron chi connectivity index (χ1n) is 6.14. The zero-order valence-electron chi connectivity index (χ0n) is 10.9. The van der Waals surface area contributed by atoms with Crippen molar-refractivity contribution in [3.05, 3.63) is 47.5 Å². The van der Waals surface area contributed by atoms with Crippen LogP contribution in [0.4, 0.5) is 0 Å². The third-order valence-electron chi connectivity index (χ3n) is 3.04. The molecule has 0 saturated carbocycles. The van der Waals surface area contributed by atoms with Crippen LogP contribution in [0.5, 0.6) is 5.75 Å². The van der Waals surface area contributed by atoms with E-state index in [4.69, 9.17) is 10.5 Å². The molecule has 0 aliphatic rings. The van der Waals surface area contributed by atoms with E-state index in [0.29, 0.717) is 6.54 Å². The summed E-state index contributed by atoms with van der Waals surface area (Å²) < 4.78 is 7.43. The minimum absolute atomic E-state index is 0.488. The predicted octanol–water partition coefficient (Wildman–Crippen LogP) is 1.96. The molecule has 1 heterocycles. The number of imidazole rings is 1. The van der Waals surface area contributed by atoms with Crippen LogP contribution < -0.4 is 10.5 Å². The molecule has 18 heavy (non-hydrogen) atoms. The summed E-state index contributed by atoms with van der Waals surface area (Å²) in [6, 6.07) is 6.13. The molecule has 2 rings (SSSR count). The summed E-state index contributed by atoms with van der Waals surface area (Å²) >= 11 is 0. The van der Waals surface area contributed by atoms with Crippen molar-refractivity contribution in [2.45, 2.75) is 26.4 Å². The Hall–Kier alpha value is -1.81. The van der Waals surface area contributed by atoms with Gasteiger partial charge in [-0.1, -0.05) is 13.0 Å². The highest BCUT2D eigenvalue weighted by Gasteiger charge is 2.05. The molecule has 4 heteroatoms. The number of aryl methyl sites for hydroxylation is 1. The highest BCUT2D eigenvalue weighted by molar-refractivity contribution is 5.37. The van der Waals surface area contributed by atoms with Gasteiger partial charge in [0.25, 0.3) is 0 Å². The number of hydrogen-bond donors (Lipinski definition) is 1. The van der Waals surface area contributed by atoms with Crippen molar-refractivity contribution in [3.8, 4) is 5.75 Å². The molecule has 96 valence electrons. The molecule has 0 unspecified atom stereocenters. The van der Waals surface area contributed by atoms with E-state index in [-0.39, 0.29) is 0 Å². The number of benzene rings is 1. The van der Waals surface area contributed by atoms with Gasteiger partial charge in [0.2, 0.25) is 0 Å². The quantitative estimate of drug-likeness (QED) is 0.876. The van der Waals surface area contributed by atoms with Crippen molar-refractivity contribution >= 4 is 0 Å². The number of hydrogen-bond acceptors (Lipinski definition) is 3. The van der Waals surface area contributed by atoms with E-state index in [1.807, 2.05) is 18.5 Å². The Morgan fingerprint density at radius 1 is 1.39 bits per heavy atom. The van der Waals surface area contributed by atoms with E-state index in [1.54, 1.807) is 7.11 Å². The van der Waals surface area contributed by atoms with Gasteiger partial charge in [-0.3, -0.25) is 0 Å². The Bertz CT molecular complexity index is 520. The maximum absolute atomic E-state index is 5.73. The monoisotopic (exact) mass is 245 g/mol. The van der Waals surface area contributed by atoms with Crippen molar-refractivity contribution in [2.75, 3.05) is 7.11 Å². The van der Waals surface area contributed by atoms with Crippen LogP contribution in [-0.4, -0.2) is 16.7 Å². The van der Waals surface area contributed by atoms with Gasteiger partial charge in [-0.25, -0.2) is 4.98 Å². The average molecular weight is 245 g/mol. The van der Waals surface area contributed by atoms with E-state index in [2.05, 4.69) is 28.6 Å². The summed E-state index contributed by atoms with van der Waals surface area (Å²) in [7, 11) is 1.67. The van der Waals surface area contributed by atoms with Crippen LogP contribution in [0.25, 0.3) is 0 Å². The van der Waals surface area contributed by atoms with Gasteiger partial charge in [-0.2, -0.15) is 0 Å². The van der Waals surface area contributed by atoms with Gasteiger partial charge in [0, 0.05) is 37.5 Å². The maximum atomic E-state index is 5.73. The van der Waals surface area contributed by atoms with Crippen LogP contribution in [0.2, 0.25) is 0 Å². The fourth-order valence-electron chi connectivity index (χ4n) is 2.08. The minimum atomic E-state index is 0.488. The zero-order valence-corrected chi connectivity index (χ0v) is 10.9. The highest BCUT2D eigenvalue weighted by Crippen LogP contribution is 2.20. The first-order chi connectivity index (χ1) is 8.78. The molecule has 0 spiro atoms. The van der Waals surface area contributed by atoms with Crippen molar-refractivity contribution in [1.82, 2.24) is 9.55 Å². The fraction of sp³-hybridized carbons (Fsp3) is 0.357. The van der Waals surface area contributed by atoms with Gasteiger partial charge in [0.1, 0.15) is 11.6 Å². The second kappa shape index (κ2) is 5.69. The van der Waals surface area contributed by atoms with E-state index >= 15 is 0 Å². The number of methoxy groups -OCH3 is 1. The van der Waals surface area contributed by atoms with Crippen molar-refractivity contribution in [2.24, 2.45) is 5.73 Å².